The lowest BCUT2D eigenvalue weighted by molar-refractivity contribution is 0.584. The van der Waals surface area contributed by atoms with Crippen molar-refractivity contribution in [2.75, 3.05) is 12.3 Å². The van der Waals surface area contributed by atoms with Crippen LogP contribution in [-0.4, -0.2) is 19.5 Å². The van der Waals surface area contributed by atoms with Crippen molar-refractivity contribution in [2.24, 2.45) is 0 Å². The van der Waals surface area contributed by atoms with Gasteiger partial charge in [0.15, 0.2) is 0 Å². The van der Waals surface area contributed by atoms with Crippen molar-refractivity contribution in [3.63, 3.8) is 0 Å². The molecule has 20 heavy (non-hydrogen) atoms. The lowest BCUT2D eigenvalue weighted by Crippen LogP contribution is -2.23. The van der Waals surface area contributed by atoms with E-state index in [-0.39, 0.29) is 4.90 Å². The van der Waals surface area contributed by atoms with Crippen LogP contribution in [0.15, 0.2) is 41.4 Å². The number of nitrogens with zero attached hydrogens (tertiary/aromatic N) is 2. The molecule has 0 saturated carbocycles. The Balaban J connectivity index is 2.59. The monoisotopic (exact) mass is 290 g/mol. The largest absolute Gasteiger partial charge is 0.397 e. The number of anilines is 1. The summed E-state index contributed by atoms with van der Waals surface area (Å²) in [5, 5.41) is 9.03. The first-order valence-corrected chi connectivity index (χ1v) is 7.45. The zero-order valence-corrected chi connectivity index (χ0v) is 11.7. The maximum atomic E-state index is 12.0. The first kappa shape index (κ1) is 14.1. The van der Waals surface area contributed by atoms with E-state index in [4.69, 9.17) is 11.0 Å². The molecule has 2 aromatic rings. The van der Waals surface area contributed by atoms with Crippen molar-refractivity contribution in [1.29, 1.82) is 5.26 Å². The van der Waals surface area contributed by atoms with E-state index in [1.165, 1.54) is 18.2 Å². The zero-order valence-electron chi connectivity index (χ0n) is 10.9. The third-order valence-electron chi connectivity index (χ3n) is 2.77. The summed E-state index contributed by atoms with van der Waals surface area (Å²) in [5.41, 5.74) is 7.12. The van der Waals surface area contributed by atoms with Gasteiger partial charge in [-0.05, 0) is 30.3 Å². The third-order valence-corrected chi connectivity index (χ3v) is 4.31. The molecule has 0 spiro atoms. The van der Waals surface area contributed by atoms with Crippen LogP contribution < -0.4 is 10.5 Å². The van der Waals surface area contributed by atoms with Crippen LogP contribution in [0.4, 0.5) is 5.69 Å². The number of benzene rings is 1. The molecule has 0 aliphatic carbocycles. The minimum absolute atomic E-state index is 0.112. The molecule has 104 valence electrons. The van der Waals surface area contributed by atoms with Crippen LogP contribution in [0.3, 0.4) is 0 Å². The fourth-order valence-corrected chi connectivity index (χ4v) is 2.92. The average molecular weight is 290 g/mol. The molecule has 0 bridgehead atoms. The lowest BCUT2D eigenvalue weighted by Gasteiger charge is -2.11. The van der Waals surface area contributed by atoms with Crippen LogP contribution in [-0.2, 0) is 10.0 Å². The van der Waals surface area contributed by atoms with Crippen LogP contribution in [0.1, 0.15) is 12.6 Å². The highest BCUT2D eigenvalue weighted by molar-refractivity contribution is 7.89. The molecule has 0 radical (unpaired) electrons. The van der Waals surface area contributed by atoms with Gasteiger partial charge in [0, 0.05) is 12.7 Å². The summed E-state index contributed by atoms with van der Waals surface area (Å²) in [6, 6.07) is 9.76. The van der Waals surface area contributed by atoms with E-state index in [9.17, 15) is 8.42 Å². The fourth-order valence-electron chi connectivity index (χ4n) is 1.85. The highest BCUT2D eigenvalue weighted by Crippen LogP contribution is 2.23. The molecule has 1 heterocycles. The van der Waals surface area contributed by atoms with Crippen molar-refractivity contribution in [3.8, 4) is 11.8 Å². The van der Waals surface area contributed by atoms with Gasteiger partial charge < -0.3 is 10.3 Å². The predicted octanol–water partition coefficient (Wildman–Crippen LogP) is 1.23. The van der Waals surface area contributed by atoms with E-state index in [1.54, 1.807) is 29.8 Å². The van der Waals surface area contributed by atoms with Crippen molar-refractivity contribution in [1.82, 2.24) is 9.29 Å². The quantitative estimate of drug-likeness (QED) is 0.827. The van der Waals surface area contributed by atoms with Gasteiger partial charge >= 0.3 is 0 Å². The third kappa shape index (κ3) is 2.52. The SMILES string of the molecule is CCNS(=O)(=O)c1ccc(N)c(-n2cccc2C#N)c1. The van der Waals surface area contributed by atoms with Gasteiger partial charge in [-0.1, -0.05) is 6.92 Å². The Morgan fingerprint density at radius 3 is 2.80 bits per heavy atom. The van der Waals surface area contributed by atoms with Crippen LogP contribution in [0.5, 0.6) is 0 Å². The number of rotatable bonds is 4. The molecule has 7 heteroatoms. The standard InChI is InChI=1S/C13H14N4O2S/c1-2-16-20(18,19)11-5-6-12(15)13(8-11)17-7-3-4-10(17)9-14/h3-8,16H,2,15H2,1H3. The van der Waals surface area contributed by atoms with E-state index >= 15 is 0 Å². The first-order chi connectivity index (χ1) is 9.49. The van der Waals surface area contributed by atoms with E-state index in [2.05, 4.69) is 4.72 Å². The van der Waals surface area contributed by atoms with Crippen LogP contribution >= 0.6 is 0 Å². The minimum atomic E-state index is -3.56. The number of hydrogen-bond acceptors (Lipinski definition) is 4. The summed E-state index contributed by atoms with van der Waals surface area (Å²) in [4.78, 5) is 0.112. The van der Waals surface area contributed by atoms with Gasteiger partial charge in [0.25, 0.3) is 0 Å². The topological polar surface area (TPSA) is 101 Å². The van der Waals surface area contributed by atoms with Gasteiger partial charge in [-0.2, -0.15) is 5.26 Å². The Labute approximate surface area is 117 Å². The van der Waals surface area contributed by atoms with Crippen molar-refractivity contribution in [2.45, 2.75) is 11.8 Å². The summed E-state index contributed by atoms with van der Waals surface area (Å²) in [5.74, 6) is 0. The molecule has 0 aliphatic rings. The second-order valence-electron chi connectivity index (χ2n) is 4.10. The van der Waals surface area contributed by atoms with E-state index in [1.807, 2.05) is 6.07 Å². The Morgan fingerprint density at radius 1 is 1.40 bits per heavy atom. The number of hydrogen-bond donors (Lipinski definition) is 2. The number of nitriles is 1. The molecule has 0 amide bonds. The molecule has 0 atom stereocenters. The fraction of sp³-hybridized carbons (Fsp3) is 0.154. The molecule has 0 saturated heterocycles. The highest BCUT2D eigenvalue weighted by Gasteiger charge is 2.15. The second-order valence-corrected chi connectivity index (χ2v) is 5.86. The van der Waals surface area contributed by atoms with Crippen LogP contribution in [0, 0.1) is 11.3 Å². The molecule has 0 unspecified atom stereocenters. The number of nitrogens with two attached hydrogens (primary N) is 1. The van der Waals surface area contributed by atoms with Crippen molar-refractivity contribution in [3.05, 3.63) is 42.2 Å². The maximum absolute atomic E-state index is 12.0. The molecule has 0 fully saturated rings. The van der Waals surface area contributed by atoms with Crippen LogP contribution in [0.25, 0.3) is 5.69 Å². The van der Waals surface area contributed by atoms with E-state index in [0.717, 1.165) is 0 Å². The summed E-state index contributed by atoms with van der Waals surface area (Å²) in [6.45, 7) is 2.00. The molecule has 2 rings (SSSR count). The average Bonchev–Trinajstić information content (AvgIpc) is 2.87. The highest BCUT2D eigenvalue weighted by atomic mass is 32.2. The Kier molecular flexibility index (Phi) is 3.79. The predicted molar refractivity (Wildman–Crippen MR) is 75.8 cm³/mol. The van der Waals surface area contributed by atoms with Crippen molar-refractivity contribution >= 4 is 15.7 Å². The summed E-state index contributed by atoms with van der Waals surface area (Å²) < 4.78 is 28.0. The van der Waals surface area contributed by atoms with Gasteiger partial charge in [-0.3, -0.25) is 0 Å². The van der Waals surface area contributed by atoms with E-state index < -0.39 is 10.0 Å². The zero-order chi connectivity index (χ0) is 14.8. The van der Waals surface area contributed by atoms with Gasteiger partial charge in [0.1, 0.15) is 11.8 Å². The number of aromatic nitrogens is 1. The molecule has 1 aromatic heterocycles. The number of nitrogen functional groups attached to an aromatic ring is 1. The molecule has 1 aromatic carbocycles. The van der Waals surface area contributed by atoms with Gasteiger partial charge in [-0.15, -0.1) is 0 Å². The van der Waals surface area contributed by atoms with Gasteiger partial charge in [0.05, 0.1) is 16.3 Å². The molecule has 3 N–H and O–H groups in total. The number of nitrogens with one attached hydrogen (secondary N) is 1. The summed E-state index contributed by atoms with van der Waals surface area (Å²) >= 11 is 0. The lowest BCUT2D eigenvalue weighted by atomic mass is 10.2. The van der Waals surface area contributed by atoms with Gasteiger partial charge in [0.2, 0.25) is 10.0 Å². The first-order valence-electron chi connectivity index (χ1n) is 5.96. The smallest absolute Gasteiger partial charge is 0.240 e. The Morgan fingerprint density at radius 2 is 2.15 bits per heavy atom. The minimum Gasteiger partial charge on any atom is -0.397 e. The van der Waals surface area contributed by atoms with Gasteiger partial charge in [-0.25, -0.2) is 13.1 Å². The molecular formula is C13H14N4O2S. The van der Waals surface area contributed by atoms with Crippen molar-refractivity contribution < 1.29 is 8.42 Å². The summed E-state index contributed by atoms with van der Waals surface area (Å²) in [6.07, 6.45) is 1.66. The Bertz CT molecular complexity index is 772. The normalized spacial score (nSPS) is 11.2. The Hall–Kier alpha value is -2.30. The molecule has 6 nitrogen and oxygen atoms in total. The number of sulfonamides is 1. The molecular weight excluding hydrogens is 276 g/mol. The van der Waals surface area contributed by atoms with Crippen LogP contribution in [0.2, 0.25) is 0 Å². The molecule has 0 aliphatic heterocycles. The maximum Gasteiger partial charge on any atom is 0.240 e. The second kappa shape index (κ2) is 5.36. The van der Waals surface area contributed by atoms with E-state index in [0.29, 0.717) is 23.6 Å². The summed E-state index contributed by atoms with van der Waals surface area (Å²) in [7, 11) is -3.56.